The molecule has 6 heteroatoms. The molecular weight excluding hydrogens is 272 g/mol. The molecule has 1 aliphatic heterocycles. The van der Waals surface area contributed by atoms with Gasteiger partial charge >= 0.3 is 5.97 Å². The number of amides is 2. The normalized spacial score (nSPS) is 19.0. The molecule has 1 fully saturated rings. The van der Waals surface area contributed by atoms with E-state index in [-0.39, 0.29) is 6.54 Å². The molecule has 1 heterocycles. The Kier molecular flexibility index (Phi) is 4.26. The number of aryl methyl sites for hydroxylation is 1. The molecule has 0 saturated carbocycles. The highest BCUT2D eigenvalue weighted by molar-refractivity contribution is 6.06. The maximum atomic E-state index is 12.2. The van der Waals surface area contributed by atoms with Gasteiger partial charge in [-0.05, 0) is 31.0 Å². The Hall–Kier alpha value is -2.37. The smallest absolute Gasteiger partial charge is 0.323 e. The quantitative estimate of drug-likeness (QED) is 0.834. The number of hydrogen-bond acceptors (Lipinski definition) is 4. The van der Waals surface area contributed by atoms with Crippen LogP contribution in [0.3, 0.4) is 0 Å². The summed E-state index contributed by atoms with van der Waals surface area (Å²) in [6, 6.07) is 7.11. The van der Waals surface area contributed by atoms with Crippen LogP contribution in [-0.2, 0) is 20.8 Å². The Morgan fingerprint density at radius 2 is 1.90 bits per heavy atom. The lowest BCUT2D eigenvalue weighted by molar-refractivity contribution is -0.154. The van der Waals surface area contributed by atoms with Crippen LogP contribution in [0.1, 0.15) is 19.4 Å². The third-order valence-electron chi connectivity index (χ3n) is 3.67. The van der Waals surface area contributed by atoms with E-state index in [2.05, 4.69) is 6.92 Å². The maximum absolute atomic E-state index is 12.2. The maximum Gasteiger partial charge on any atom is 0.323 e. The first kappa shape index (κ1) is 15.0. The monoisotopic (exact) mass is 290 g/mol. The Morgan fingerprint density at radius 1 is 1.29 bits per heavy atom. The summed E-state index contributed by atoms with van der Waals surface area (Å²) in [4.78, 5) is 37.4. The molecule has 0 radical (unpaired) electrons. The van der Waals surface area contributed by atoms with Crippen LogP contribution in [0, 0.1) is 0 Å². The summed E-state index contributed by atoms with van der Waals surface area (Å²) in [5.41, 5.74) is 1.96. The van der Waals surface area contributed by atoms with Crippen LogP contribution in [0.25, 0.3) is 0 Å². The number of carboxylic acids is 1. The van der Waals surface area contributed by atoms with Crippen molar-refractivity contribution in [2.75, 3.05) is 18.0 Å². The van der Waals surface area contributed by atoms with Gasteiger partial charge in [-0.2, -0.15) is 0 Å². The van der Waals surface area contributed by atoms with Crippen molar-refractivity contribution < 1.29 is 19.5 Å². The van der Waals surface area contributed by atoms with Crippen molar-refractivity contribution in [1.29, 1.82) is 0 Å². The number of anilines is 1. The average Bonchev–Trinajstić information content (AvgIpc) is 2.47. The molecule has 0 aromatic heterocycles. The summed E-state index contributed by atoms with van der Waals surface area (Å²) < 4.78 is 0. The fourth-order valence-corrected chi connectivity index (χ4v) is 2.39. The van der Waals surface area contributed by atoms with Gasteiger partial charge in [-0.3, -0.25) is 19.3 Å². The molecule has 0 spiro atoms. The van der Waals surface area contributed by atoms with Gasteiger partial charge in [0.05, 0.1) is 6.54 Å². The minimum absolute atomic E-state index is 0.00561. The molecular formula is C15H18N2O4. The van der Waals surface area contributed by atoms with Gasteiger partial charge < -0.3 is 10.0 Å². The average molecular weight is 290 g/mol. The van der Waals surface area contributed by atoms with Crippen molar-refractivity contribution in [1.82, 2.24) is 4.90 Å². The SMILES string of the molecule is CCc1ccc(N2CC(=O)N(CC(=O)O)C(=O)C2C)cc1. The van der Waals surface area contributed by atoms with Crippen LogP contribution in [0.2, 0.25) is 0 Å². The van der Waals surface area contributed by atoms with Crippen molar-refractivity contribution in [2.45, 2.75) is 26.3 Å². The number of aliphatic carboxylic acids is 1. The van der Waals surface area contributed by atoms with Gasteiger partial charge in [0.25, 0.3) is 5.91 Å². The zero-order valence-electron chi connectivity index (χ0n) is 12.1. The lowest BCUT2D eigenvalue weighted by atomic mass is 10.1. The summed E-state index contributed by atoms with van der Waals surface area (Å²) in [7, 11) is 0. The van der Waals surface area contributed by atoms with Crippen molar-refractivity contribution in [2.24, 2.45) is 0 Å². The first-order valence-corrected chi connectivity index (χ1v) is 6.85. The first-order chi connectivity index (χ1) is 9.93. The zero-order valence-corrected chi connectivity index (χ0v) is 12.1. The van der Waals surface area contributed by atoms with Gasteiger partial charge in [0, 0.05) is 5.69 Å². The predicted molar refractivity (Wildman–Crippen MR) is 77.0 cm³/mol. The Labute approximate surface area is 123 Å². The highest BCUT2D eigenvalue weighted by Gasteiger charge is 2.38. The number of piperazine rings is 1. The molecule has 1 N–H and O–H groups in total. The van der Waals surface area contributed by atoms with E-state index in [4.69, 9.17) is 5.11 Å². The summed E-state index contributed by atoms with van der Waals surface area (Å²) >= 11 is 0. The second-order valence-electron chi connectivity index (χ2n) is 5.04. The number of rotatable bonds is 4. The Morgan fingerprint density at radius 3 is 2.43 bits per heavy atom. The third-order valence-corrected chi connectivity index (χ3v) is 3.67. The number of benzene rings is 1. The second-order valence-corrected chi connectivity index (χ2v) is 5.04. The minimum Gasteiger partial charge on any atom is -0.480 e. The number of nitrogens with zero attached hydrogens (tertiary/aromatic N) is 2. The number of carbonyl (C=O) groups is 3. The molecule has 1 aliphatic rings. The molecule has 2 amide bonds. The van der Waals surface area contributed by atoms with E-state index in [0.29, 0.717) is 0 Å². The van der Waals surface area contributed by atoms with Gasteiger partial charge in [0.1, 0.15) is 12.6 Å². The van der Waals surface area contributed by atoms with Crippen LogP contribution in [-0.4, -0.2) is 46.9 Å². The molecule has 6 nitrogen and oxygen atoms in total. The summed E-state index contributed by atoms with van der Waals surface area (Å²) in [6.07, 6.45) is 0.917. The van der Waals surface area contributed by atoms with Gasteiger partial charge in [0.2, 0.25) is 5.91 Å². The summed E-state index contributed by atoms with van der Waals surface area (Å²) in [6.45, 7) is 3.16. The van der Waals surface area contributed by atoms with E-state index in [0.717, 1.165) is 17.0 Å². The van der Waals surface area contributed by atoms with Crippen LogP contribution < -0.4 is 4.90 Å². The van der Waals surface area contributed by atoms with Crippen LogP contribution >= 0.6 is 0 Å². The molecule has 1 aromatic rings. The highest BCUT2D eigenvalue weighted by atomic mass is 16.4. The van der Waals surface area contributed by atoms with Gasteiger partial charge in [-0.15, -0.1) is 0 Å². The highest BCUT2D eigenvalue weighted by Crippen LogP contribution is 2.22. The standard InChI is InChI=1S/C15H18N2O4/c1-3-11-4-6-12(7-5-11)16-8-13(18)17(9-14(19)20)15(21)10(16)2/h4-7,10H,3,8-9H2,1-2H3,(H,19,20). The van der Waals surface area contributed by atoms with Crippen molar-refractivity contribution in [3.63, 3.8) is 0 Å². The number of hydrogen-bond donors (Lipinski definition) is 1. The van der Waals surface area contributed by atoms with Crippen molar-refractivity contribution in [3.05, 3.63) is 29.8 Å². The molecule has 1 aromatic carbocycles. The van der Waals surface area contributed by atoms with E-state index < -0.39 is 30.4 Å². The first-order valence-electron chi connectivity index (χ1n) is 6.85. The molecule has 1 unspecified atom stereocenters. The zero-order chi connectivity index (χ0) is 15.6. The molecule has 21 heavy (non-hydrogen) atoms. The third kappa shape index (κ3) is 3.04. The molecule has 0 aliphatic carbocycles. The largest absolute Gasteiger partial charge is 0.480 e. The molecule has 1 saturated heterocycles. The number of carboxylic acid groups (broad SMARTS) is 1. The number of carbonyl (C=O) groups excluding carboxylic acids is 2. The van der Waals surface area contributed by atoms with E-state index in [1.165, 1.54) is 5.56 Å². The second kappa shape index (κ2) is 5.95. The fraction of sp³-hybridized carbons (Fsp3) is 0.400. The van der Waals surface area contributed by atoms with Crippen LogP contribution in [0.15, 0.2) is 24.3 Å². The lowest BCUT2D eigenvalue weighted by Crippen LogP contribution is -2.60. The molecule has 112 valence electrons. The Balaban J connectivity index is 2.21. The molecule has 1 atom stereocenters. The topological polar surface area (TPSA) is 77.9 Å². The predicted octanol–water partition coefficient (Wildman–Crippen LogP) is 0.897. The van der Waals surface area contributed by atoms with Crippen LogP contribution in [0.4, 0.5) is 5.69 Å². The van der Waals surface area contributed by atoms with E-state index in [1.54, 1.807) is 11.8 Å². The van der Waals surface area contributed by atoms with Gasteiger partial charge in [-0.1, -0.05) is 19.1 Å². The summed E-state index contributed by atoms with van der Waals surface area (Å²) in [5.74, 6) is -2.15. The summed E-state index contributed by atoms with van der Waals surface area (Å²) in [5, 5.41) is 8.77. The van der Waals surface area contributed by atoms with Crippen LogP contribution in [0.5, 0.6) is 0 Å². The van der Waals surface area contributed by atoms with Gasteiger partial charge in [-0.25, -0.2) is 0 Å². The fourth-order valence-electron chi connectivity index (χ4n) is 2.39. The molecule has 2 rings (SSSR count). The van der Waals surface area contributed by atoms with Gasteiger partial charge in [0.15, 0.2) is 0 Å². The molecule has 0 bridgehead atoms. The lowest BCUT2D eigenvalue weighted by Gasteiger charge is -2.38. The van der Waals surface area contributed by atoms with E-state index in [1.807, 2.05) is 24.3 Å². The minimum atomic E-state index is -1.19. The van der Waals surface area contributed by atoms with Crippen molar-refractivity contribution in [3.8, 4) is 0 Å². The van der Waals surface area contributed by atoms with E-state index >= 15 is 0 Å². The van der Waals surface area contributed by atoms with Crippen molar-refractivity contribution >= 4 is 23.5 Å². The Bertz CT molecular complexity index is 568. The van der Waals surface area contributed by atoms with E-state index in [9.17, 15) is 14.4 Å². The number of imide groups is 1.